The highest BCUT2D eigenvalue weighted by Crippen LogP contribution is 2.34. The Balaban J connectivity index is 1.34. The van der Waals surface area contributed by atoms with Gasteiger partial charge in [0, 0.05) is 17.1 Å². The molecule has 1 heterocycles. The molecular weight excluding hydrogens is 481 g/mol. The van der Waals surface area contributed by atoms with Crippen LogP contribution in [0.5, 0.6) is 0 Å². The highest BCUT2D eigenvalue weighted by Gasteiger charge is 2.33. The Kier molecular flexibility index (Phi) is 6.59. The normalized spacial score (nSPS) is 11.2. The number of anilines is 2. The van der Waals surface area contributed by atoms with Crippen LogP contribution in [0.25, 0.3) is 11.0 Å². The van der Waals surface area contributed by atoms with Gasteiger partial charge in [0.15, 0.2) is 5.76 Å². The number of furan rings is 1. The van der Waals surface area contributed by atoms with Crippen molar-refractivity contribution in [3.05, 3.63) is 99.8 Å². The number of amides is 2. The molecule has 0 aliphatic carbocycles. The zero-order valence-corrected chi connectivity index (χ0v) is 18.3. The van der Waals surface area contributed by atoms with Crippen molar-refractivity contribution in [3.8, 4) is 0 Å². The standard InChI is InChI=1S/C24H17F3N4O5/c25-24(26,27)16-7-10-18(19(13-16)31(34)35)29-30-22(32)11-14-5-8-17(9-6-14)28-23(33)21-12-15-3-1-2-4-20(15)36-21/h1-10,12-13,29H,11H2,(H,28,33)(H,30,32). The van der Waals surface area contributed by atoms with Gasteiger partial charge in [0.2, 0.25) is 5.91 Å². The van der Waals surface area contributed by atoms with Crippen molar-refractivity contribution in [2.24, 2.45) is 0 Å². The molecule has 3 N–H and O–H groups in total. The fraction of sp³-hybridized carbons (Fsp3) is 0.0833. The Labute approximate surface area is 201 Å². The van der Waals surface area contributed by atoms with Crippen molar-refractivity contribution in [1.29, 1.82) is 0 Å². The molecule has 12 heteroatoms. The lowest BCUT2D eigenvalue weighted by Crippen LogP contribution is -2.31. The van der Waals surface area contributed by atoms with E-state index in [-0.39, 0.29) is 17.9 Å². The maximum absolute atomic E-state index is 12.8. The number of fused-ring (bicyclic) bond motifs is 1. The minimum atomic E-state index is -4.75. The Bertz CT molecular complexity index is 1420. The fourth-order valence-electron chi connectivity index (χ4n) is 3.32. The second kappa shape index (κ2) is 9.78. The van der Waals surface area contributed by atoms with Crippen molar-refractivity contribution >= 4 is 39.8 Å². The Morgan fingerprint density at radius 2 is 1.69 bits per heavy atom. The van der Waals surface area contributed by atoms with Crippen molar-refractivity contribution < 1.29 is 32.1 Å². The molecule has 0 atom stereocenters. The number of nitrogens with one attached hydrogen (secondary N) is 3. The number of carbonyl (C=O) groups excluding carboxylic acids is 2. The molecule has 0 saturated carbocycles. The summed E-state index contributed by atoms with van der Waals surface area (Å²) in [6.07, 6.45) is -4.89. The molecule has 0 unspecified atom stereocenters. The van der Waals surface area contributed by atoms with Crippen molar-refractivity contribution in [1.82, 2.24) is 5.43 Å². The summed E-state index contributed by atoms with van der Waals surface area (Å²) in [6.45, 7) is 0. The number of benzene rings is 3. The summed E-state index contributed by atoms with van der Waals surface area (Å²) in [7, 11) is 0. The van der Waals surface area contributed by atoms with Gasteiger partial charge in [-0.2, -0.15) is 13.2 Å². The molecule has 9 nitrogen and oxygen atoms in total. The predicted octanol–water partition coefficient (Wildman–Crippen LogP) is 5.30. The minimum absolute atomic E-state index is 0.140. The third-order valence-electron chi connectivity index (χ3n) is 5.08. The number of alkyl halides is 3. The van der Waals surface area contributed by atoms with Gasteiger partial charge in [0.25, 0.3) is 11.6 Å². The molecule has 0 bridgehead atoms. The third-order valence-corrected chi connectivity index (χ3v) is 5.08. The van der Waals surface area contributed by atoms with Gasteiger partial charge >= 0.3 is 6.18 Å². The monoisotopic (exact) mass is 498 g/mol. The lowest BCUT2D eigenvalue weighted by Gasteiger charge is -2.11. The van der Waals surface area contributed by atoms with Gasteiger partial charge in [-0.1, -0.05) is 30.3 Å². The molecule has 184 valence electrons. The first kappa shape index (κ1) is 24.3. The molecule has 0 radical (unpaired) electrons. The van der Waals surface area contributed by atoms with Crippen molar-refractivity contribution in [2.45, 2.75) is 12.6 Å². The first-order valence-corrected chi connectivity index (χ1v) is 10.4. The van der Waals surface area contributed by atoms with Crippen LogP contribution >= 0.6 is 0 Å². The smallest absolute Gasteiger partial charge is 0.416 e. The molecule has 1 aromatic heterocycles. The molecule has 36 heavy (non-hydrogen) atoms. The average molecular weight is 498 g/mol. The van der Waals surface area contributed by atoms with Crippen LogP contribution in [0, 0.1) is 10.1 Å². The van der Waals surface area contributed by atoms with E-state index in [0.717, 1.165) is 11.5 Å². The van der Waals surface area contributed by atoms with E-state index in [9.17, 15) is 32.9 Å². The van der Waals surface area contributed by atoms with Gasteiger partial charge in [-0.15, -0.1) is 0 Å². The molecule has 2 amide bonds. The molecular formula is C24H17F3N4O5. The number of rotatable bonds is 7. The summed E-state index contributed by atoms with van der Waals surface area (Å²) in [5.74, 6) is -0.898. The van der Waals surface area contributed by atoms with Gasteiger partial charge in [0.1, 0.15) is 11.3 Å². The Morgan fingerprint density at radius 3 is 2.36 bits per heavy atom. The van der Waals surface area contributed by atoms with E-state index in [0.29, 0.717) is 29.0 Å². The van der Waals surface area contributed by atoms with E-state index in [4.69, 9.17) is 4.42 Å². The van der Waals surface area contributed by atoms with Gasteiger partial charge < -0.3 is 9.73 Å². The largest absolute Gasteiger partial charge is 0.451 e. The second-order valence-electron chi connectivity index (χ2n) is 7.64. The summed E-state index contributed by atoms with van der Waals surface area (Å²) in [4.78, 5) is 34.8. The summed E-state index contributed by atoms with van der Waals surface area (Å²) < 4.78 is 43.9. The van der Waals surface area contributed by atoms with Gasteiger partial charge in [-0.3, -0.25) is 30.6 Å². The highest BCUT2D eigenvalue weighted by molar-refractivity contribution is 6.04. The van der Waals surface area contributed by atoms with Crippen LogP contribution in [0.15, 0.2) is 77.2 Å². The quantitative estimate of drug-likeness (QED) is 0.235. The fourth-order valence-corrected chi connectivity index (χ4v) is 3.32. The average Bonchev–Trinajstić information content (AvgIpc) is 3.28. The van der Waals surface area contributed by atoms with Crippen molar-refractivity contribution in [3.63, 3.8) is 0 Å². The molecule has 0 fully saturated rings. The van der Waals surface area contributed by atoms with E-state index in [1.807, 2.05) is 12.1 Å². The molecule has 0 spiro atoms. The van der Waals surface area contributed by atoms with Crippen LogP contribution in [0.1, 0.15) is 21.7 Å². The molecule has 4 aromatic rings. The first-order valence-electron chi connectivity index (χ1n) is 10.4. The van der Waals surface area contributed by atoms with E-state index in [1.165, 1.54) is 0 Å². The SMILES string of the molecule is O=C(Cc1ccc(NC(=O)c2cc3ccccc3o2)cc1)NNc1ccc(C(F)(F)F)cc1[N+](=O)[O-]. The molecule has 4 rings (SSSR count). The van der Waals surface area contributed by atoms with Crippen molar-refractivity contribution in [2.75, 3.05) is 10.7 Å². The third kappa shape index (κ3) is 5.60. The number of halogens is 3. The number of nitro groups is 1. The van der Waals surface area contributed by atoms with Crippen LogP contribution < -0.4 is 16.2 Å². The molecule has 0 aliphatic heterocycles. The van der Waals surface area contributed by atoms with Gasteiger partial charge in [-0.05, 0) is 42.0 Å². The maximum atomic E-state index is 12.8. The zero-order chi connectivity index (χ0) is 25.9. The summed E-state index contributed by atoms with van der Waals surface area (Å²) in [5, 5.41) is 14.6. The minimum Gasteiger partial charge on any atom is -0.451 e. The number of hydrazine groups is 1. The summed E-state index contributed by atoms with van der Waals surface area (Å²) in [5.41, 5.74) is 3.79. The lowest BCUT2D eigenvalue weighted by atomic mass is 10.1. The number of nitro benzene ring substituents is 1. The van der Waals surface area contributed by atoms with Crippen LogP contribution in [0.3, 0.4) is 0 Å². The number of para-hydroxylation sites is 1. The van der Waals surface area contributed by atoms with E-state index < -0.39 is 34.2 Å². The lowest BCUT2D eigenvalue weighted by molar-refractivity contribution is -0.384. The molecule has 3 aromatic carbocycles. The highest BCUT2D eigenvalue weighted by atomic mass is 19.4. The van der Waals surface area contributed by atoms with Gasteiger partial charge in [0.05, 0.1) is 16.9 Å². The Hall–Kier alpha value is -4.87. The van der Waals surface area contributed by atoms with E-state index in [1.54, 1.807) is 42.5 Å². The number of hydrogen-bond acceptors (Lipinski definition) is 6. The van der Waals surface area contributed by atoms with Crippen LogP contribution in [-0.4, -0.2) is 16.7 Å². The predicted molar refractivity (Wildman–Crippen MR) is 124 cm³/mol. The molecule has 0 aliphatic rings. The van der Waals surface area contributed by atoms with Crippen LogP contribution in [-0.2, 0) is 17.4 Å². The topological polar surface area (TPSA) is 127 Å². The second-order valence-corrected chi connectivity index (χ2v) is 7.64. The van der Waals surface area contributed by atoms with E-state index >= 15 is 0 Å². The zero-order valence-electron chi connectivity index (χ0n) is 18.3. The number of carbonyl (C=O) groups is 2. The van der Waals surface area contributed by atoms with Crippen LogP contribution in [0.2, 0.25) is 0 Å². The maximum Gasteiger partial charge on any atom is 0.416 e. The van der Waals surface area contributed by atoms with Crippen LogP contribution in [0.4, 0.5) is 30.2 Å². The number of hydrogen-bond donors (Lipinski definition) is 3. The summed E-state index contributed by atoms with van der Waals surface area (Å²) >= 11 is 0. The Morgan fingerprint density at radius 1 is 0.972 bits per heavy atom. The van der Waals surface area contributed by atoms with Gasteiger partial charge in [-0.25, -0.2) is 0 Å². The molecule has 0 saturated heterocycles. The number of nitrogens with zero attached hydrogens (tertiary/aromatic N) is 1. The van der Waals surface area contributed by atoms with E-state index in [2.05, 4.69) is 16.2 Å². The summed E-state index contributed by atoms with van der Waals surface area (Å²) in [6, 6.07) is 17.1. The first-order chi connectivity index (χ1) is 17.1.